The zero-order valence-electron chi connectivity index (χ0n) is 16.3. The fraction of sp³-hybridized carbons (Fsp3) is 0.348. The number of hydrogen-bond acceptors (Lipinski definition) is 6. The number of fused-ring (bicyclic) bond motifs is 3. The normalized spacial score (nSPS) is 22.2. The van der Waals surface area contributed by atoms with Gasteiger partial charge < -0.3 is 18.9 Å². The number of hydrogen-bond donors (Lipinski definition) is 0. The second kappa shape index (κ2) is 7.54. The van der Waals surface area contributed by atoms with E-state index in [1.165, 1.54) is 0 Å². The number of carbonyl (C=O) groups is 1. The van der Waals surface area contributed by atoms with Gasteiger partial charge in [0, 0.05) is 25.3 Å². The number of benzene rings is 2. The van der Waals surface area contributed by atoms with E-state index in [9.17, 15) is 4.79 Å². The number of ketones is 1. The zero-order valence-corrected chi connectivity index (χ0v) is 16.3. The summed E-state index contributed by atoms with van der Waals surface area (Å²) in [6.45, 7) is 2.85. The van der Waals surface area contributed by atoms with Gasteiger partial charge in [-0.25, -0.2) is 0 Å². The summed E-state index contributed by atoms with van der Waals surface area (Å²) in [5, 5.41) is 0. The van der Waals surface area contributed by atoms with Crippen molar-refractivity contribution in [2.75, 3.05) is 27.0 Å². The molecule has 1 saturated heterocycles. The van der Waals surface area contributed by atoms with E-state index in [4.69, 9.17) is 18.9 Å². The van der Waals surface area contributed by atoms with E-state index < -0.39 is 0 Å². The molecule has 0 radical (unpaired) electrons. The van der Waals surface area contributed by atoms with Crippen LogP contribution in [-0.4, -0.2) is 43.8 Å². The minimum Gasteiger partial charge on any atom is -0.496 e. The Balaban J connectivity index is 1.43. The summed E-state index contributed by atoms with van der Waals surface area (Å²) >= 11 is 0. The standard InChI is InChI=1S/C23H23NO5/c1-26-19-7-3-2-5-15(19)11-21-22(25)17-8-9-20-18(23(17)29-21)13-24(14-28-20)12-16-6-4-10-27-16/h2-3,5,7-9,11,16H,4,6,10,12-14H2,1H3/b21-11-. The van der Waals surface area contributed by atoms with Crippen LogP contribution < -0.4 is 14.2 Å². The minimum absolute atomic E-state index is 0.120. The van der Waals surface area contributed by atoms with Crippen molar-refractivity contribution in [1.82, 2.24) is 4.90 Å². The first-order chi connectivity index (χ1) is 14.2. The van der Waals surface area contributed by atoms with Crippen LogP contribution in [0.15, 0.2) is 42.2 Å². The van der Waals surface area contributed by atoms with Gasteiger partial charge in [-0.15, -0.1) is 0 Å². The highest BCUT2D eigenvalue weighted by molar-refractivity contribution is 6.15. The average molecular weight is 393 g/mol. The van der Waals surface area contributed by atoms with Gasteiger partial charge in [0.1, 0.15) is 24.0 Å². The number of methoxy groups -OCH3 is 1. The summed E-state index contributed by atoms with van der Waals surface area (Å²) < 4.78 is 23.1. The number of nitrogens with zero attached hydrogens (tertiary/aromatic N) is 1. The van der Waals surface area contributed by atoms with E-state index in [0.717, 1.165) is 42.9 Å². The van der Waals surface area contributed by atoms with Gasteiger partial charge in [-0.1, -0.05) is 18.2 Å². The first-order valence-electron chi connectivity index (χ1n) is 9.93. The van der Waals surface area contributed by atoms with E-state index in [-0.39, 0.29) is 11.9 Å². The molecule has 5 rings (SSSR count). The van der Waals surface area contributed by atoms with Crippen molar-refractivity contribution >= 4 is 11.9 Å². The molecule has 3 aliphatic rings. The molecule has 6 nitrogen and oxygen atoms in total. The Morgan fingerprint density at radius 2 is 2.14 bits per heavy atom. The molecule has 0 amide bonds. The molecule has 0 aliphatic carbocycles. The van der Waals surface area contributed by atoms with Gasteiger partial charge in [0.15, 0.2) is 5.76 Å². The highest BCUT2D eigenvalue weighted by atomic mass is 16.5. The van der Waals surface area contributed by atoms with Crippen LogP contribution in [0.25, 0.3) is 6.08 Å². The SMILES string of the molecule is COc1ccccc1/C=C1\Oc2c(ccc3c2CN(CC2CCCO2)CO3)C1=O. The highest BCUT2D eigenvalue weighted by Gasteiger charge is 2.34. The molecule has 3 heterocycles. The largest absolute Gasteiger partial charge is 0.496 e. The van der Waals surface area contributed by atoms with Gasteiger partial charge in [0.25, 0.3) is 0 Å². The second-order valence-corrected chi connectivity index (χ2v) is 7.52. The smallest absolute Gasteiger partial charge is 0.231 e. The first-order valence-corrected chi connectivity index (χ1v) is 9.93. The van der Waals surface area contributed by atoms with Crippen molar-refractivity contribution in [2.45, 2.75) is 25.5 Å². The van der Waals surface area contributed by atoms with Crippen LogP contribution in [0.1, 0.15) is 34.3 Å². The number of ether oxygens (including phenoxy) is 4. The molecule has 0 spiro atoms. The van der Waals surface area contributed by atoms with Crippen LogP contribution >= 0.6 is 0 Å². The van der Waals surface area contributed by atoms with Gasteiger partial charge in [-0.3, -0.25) is 9.69 Å². The summed E-state index contributed by atoms with van der Waals surface area (Å²) in [6.07, 6.45) is 4.18. The number of allylic oxidation sites excluding steroid dienone is 1. The lowest BCUT2D eigenvalue weighted by atomic mass is 10.0. The number of Topliss-reactive ketones (excluding diaryl/α,β-unsaturated/α-hetero) is 1. The second-order valence-electron chi connectivity index (χ2n) is 7.52. The Labute approximate surface area is 169 Å². The van der Waals surface area contributed by atoms with Crippen LogP contribution in [-0.2, 0) is 11.3 Å². The molecule has 1 unspecified atom stereocenters. The van der Waals surface area contributed by atoms with Crippen molar-refractivity contribution in [1.29, 1.82) is 0 Å². The third-order valence-electron chi connectivity index (χ3n) is 5.59. The van der Waals surface area contributed by atoms with Crippen molar-refractivity contribution in [3.05, 3.63) is 58.8 Å². The van der Waals surface area contributed by atoms with Gasteiger partial charge in [0.05, 0.1) is 24.3 Å². The molecule has 1 atom stereocenters. The minimum atomic E-state index is -0.120. The molecule has 2 aromatic carbocycles. The quantitative estimate of drug-likeness (QED) is 0.740. The molecule has 0 saturated carbocycles. The van der Waals surface area contributed by atoms with Crippen molar-refractivity contribution in [3.63, 3.8) is 0 Å². The van der Waals surface area contributed by atoms with Gasteiger partial charge in [0.2, 0.25) is 5.78 Å². The van der Waals surface area contributed by atoms with Gasteiger partial charge in [-0.2, -0.15) is 0 Å². The highest BCUT2D eigenvalue weighted by Crippen LogP contribution is 2.42. The maximum absolute atomic E-state index is 12.9. The molecule has 1 fully saturated rings. The van der Waals surface area contributed by atoms with Crippen molar-refractivity contribution in [2.24, 2.45) is 0 Å². The van der Waals surface area contributed by atoms with Crippen LogP contribution in [0.4, 0.5) is 0 Å². The molecule has 0 bridgehead atoms. The van der Waals surface area contributed by atoms with Crippen LogP contribution in [0.3, 0.4) is 0 Å². The fourth-order valence-corrected chi connectivity index (χ4v) is 4.12. The Kier molecular flexibility index (Phi) is 4.73. The Morgan fingerprint density at radius 1 is 1.24 bits per heavy atom. The summed E-state index contributed by atoms with van der Waals surface area (Å²) in [4.78, 5) is 15.1. The maximum atomic E-state index is 12.9. The molecular formula is C23H23NO5. The lowest BCUT2D eigenvalue weighted by molar-refractivity contribution is 0.0274. The molecule has 29 heavy (non-hydrogen) atoms. The van der Waals surface area contributed by atoms with E-state index in [0.29, 0.717) is 36.1 Å². The summed E-state index contributed by atoms with van der Waals surface area (Å²) in [7, 11) is 1.61. The Bertz CT molecular complexity index is 977. The lowest BCUT2D eigenvalue weighted by Crippen LogP contribution is -2.37. The summed E-state index contributed by atoms with van der Waals surface area (Å²) in [5.41, 5.74) is 2.30. The van der Waals surface area contributed by atoms with Crippen LogP contribution in [0.2, 0.25) is 0 Å². The Hall–Kier alpha value is -2.83. The fourth-order valence-electron chi connectivity index (χ4n) is 4.12. The van der Waals surface area contributed by atoms with Crippen LogP contribution in [0.5, 0.6) is 17.2 Å². The van der Waals surface area contributed by atoms with Crippen molar-refractivity contribution in [3.8, 4) is 17.2 Å². The Morgan fingerprint density at radius 3 is 2.97 bits per heavy atom. The third-order valence-corrected chi connectivity index (χ3v) is 5.59. The number of carbonyl (C=O) groups excluding carboxylic acids is 1. The van der Waals surface area contributed by atoms with E-state index in [1.54, 1.807) is 19.3 Å². The zero-order chi connectivity index (χ0) is 19.8. The predicted molar refractivity (Wildman–Crippen MR) is 107 cm³/mol. The monoisotopic (exact) mass is 393 g/mol. The van der Waals surface area contributed by atoms with E-state index in [1.807, 2.05) is 30.3 Å². The third kappa shape index (κ3) is 3.39. The predicted octanol–water partition coefficient (Wildman–Crippen LogP) is 3.64. The molecule has 3 aliphatic heterocycles. The van der Waals surface area contributed by atoms with Gasteiger partial charge in [-0.05, 0) is 37.1 Å². The lowest BCUT2D eigenvalue weighted by Gasteiger charge is -2.31. The summed E-state index contributed by atoms with van der Waals surface area (Å²) in [5.74, 6) is 2.25. The molecule has 6 heteroatoms. The van der Waals surface area contributed by atoms with E-state index >= 15 is 0 Å². The van der Waals surface area contributed by atoms with E-state index in [2.05, 4.69) is 4.90 Å². The van der Waals surface area contributed by atoms with Crippen LogP contribution in [0, 0.1) is 0 Å². The first kappa shape index (κ1) is 18.2. The molecule has 0 aromatic heterocycles. The molecule has 0 N–H and O–H groups in total. The topological polar surface area (TPSA) is 57.2 Å². The average Bonchev–Trinajstić information content (AvgIpc) is 3.37. The number of rotatable bonds is 4. The molecular weight excluding hydrogens is 370 g/mol. The number of para-hydroxylation sites is 1. The van der Waals surface area contributed by atoms with Crippen molar-refractivity contribution < 1.29 is 23.7 Å². The van der Waals surface area contributed by atoms with Gasteiger partial charge >= 0.3 is 0 Å². The molecule has 150 valence electrons. The summed E-state index contributed by atoms with van der Waals surface area (Å²) in [6, 6.07) is 11.2. The maximum Gasteiger partial charge on any atom is 0.231 e. The molecule has 2 aromatic rings.